The molecule has 1 N–H and O–H groups in total. The maximum atomic E-state index is 14.5. The topological polar surface area (TPSA) is 57.6 Å². The van der Waals surface area contributed by atoms with E-state index in [1.165, 1.54) is 23.1 Å². The van der Waals surface area contributed by atoms with E-state index < -0.39 is 23.5 Å². The van der Waals surface area contributed by atoms with E-state index in [1.54, 1.807) is 30.3 Å². The van der Waals surface area contributed by atoms with E-state index in [2.05, 4.69) is 0 Å². The van der Waals surface area contributed by atoms with E-state index in [4.69, 9.17) is 11.6 Å². The minimum absolute atomic E-state index is 0.108. The minimum atomic E-state index is -0.964. The summed E-state index contributed by atoms with van der Waals surface area (Å²) in [5.41, 5.74) is 0.418. The minimum Gasteiger partial charge on any atom is -0.507 e. The van der Waals surface area contributed by atoms with Gasteiger partial charge in [0.05, 0.1) is 11.6 Å². The summed E-state index contributed by atoms with van der Waals surface area (Å²) >= 11 is 5.88. The molecule has 1 amide bonds. The number of aliphatic hydroxyl groups excluding tert-OH is 1. The summed E-state index contributed by atoms with van der Waals surface area (Å²) in [5.74, 6) is -2.41. The SMILES string of the molecule is CCCCN1C(=O)C(=O)/C(=C(/O)c2ccc(Cl)cc2)[C@@H]1c1ccccc1F. The first kappa shape index (κ1) is 19.1. The molecule has 0 aromatic heterocycles. The van der Waals surface area contributed by atoms with Crippen molar-refractivity contribution in [2.24, 2.45) is 0 Å². The third-order valence-electron chi connectivity index (χ3n) is 4.61. The molecule has 0 aliphatic carbocycles. The summed E-state index contributed by atoms with van der Waals surface area (Å²) in [7, 11) is 0. The molecule has 2 aromatic rings. The summed E-state index contributed by atoms with van der Waals surface area (Å²) in [5, 5.41) is 11.3. The molecular weight excluding hydrogens is 369 g/mol. The van der Waals surface area contributed by atoms with Crippen LogP contribution in [-0.4, -0.2) is 28.2 Å². The third-order valence-corrected chi connectivity index (χ3v) is 4.86. The molecule has 140 valence electrons. The number of likely N-dealkylation sites (tertiary alicyclic amines) is 1. The number of hydrogen-bond acceptors (Lipinski definition) is 3. The standard InChI is InChI=1S/C21H19ClFNO3/c1-2-3-12-24-18(15-6-4-5-7-16(15)23)17(20(26)21(24)27)19(25)13-8-10-14(22)11-9-13/h4-11,18,25H,2-3,12H2,1H3/b19-17+/t18-/m0/s1. The van der Waals surface area contributed by atoms with Crippen molar-refractivity contribution in [3.8, 4) is 0 Å². The molecule has 1 fully saturated rings. The Bertz CT molecular complexity index is 908. The number of nitrogens with zero attached hydrogens (tertiary/aromatic N) is 1. The zero-order chi connectivity index (χ0) is 19.6. The molecule has 4 nitrogen and oxygen atoms in total. The number of carbonyl (C=O) groups excluding carboxylic acids is 2. The van der Waals surface area contributed by atoms with Gasteiger partial charge in [0.2, 0.25) is 0 Å². The van der Waals surface area contributed by atoms with Crippen molar-refractivity contribution in [2.45, 2.75) is 25.8 Å². The Kier molecular flexibility index (Phi) is 5.61. The summed E-state index contributed by atoms with van der Waals surface area (Å²) in [4.78, 5) is 26.6. The second kappa shape index (κ2) is 7.92. The fourth-order valence-corrected chi connectivity index (χ4v) is 3.35. The predicted octanol–water partition coefficient (Wildman–Crippen LogP) is 4.70. The monoisotopic (exact) mass is 387 g/mol. The lowest BCUT2D eigenvalue weighted by molar-refractivity contribution is -0.139. The Balaban J connectivity index is 2.18. The van der Waals surface area contributed by atoms with Crippen molar-refractivity contribution < 1.29 is 19.1 Å². The Morgan fingerprint density at radius 2 is 1.81 bits per heavy atom. The maximum Gasteiger partial charge on any atom is 0.295 e. The fourth-order valence-electron chi connectivity index (χ4n) is 3.22. The van der Waals surface area contributed by atoms with E-state index in [-0.39, 0.29) is 16.9 Å². The van der Waals surface area contributed by atoms with Gasteiger partial charge in [-0.3, -0.25) is 9.59 Å². The van der Waals surface area contributed by atoms with Crippen LogP contribution in [0.15, 0.2) is 54.1 Å². The summed E-state index contributed by atoms with van der Waals surface area (Å²) in [6, 6.07) is 11.3. The lowest BCUT2D eigenvalue weighted by atomic mass is 9.95. The molecule has 0 saturated carbocycles. The van der Waals surface area contributed by atoms with Gasteiger partial charge in [-0.2, -0.15) is 0 Å². The van der Waals surface area contributed by atoms with Crippen molar-refractivity contribution in [1.82, 2.24) is 4.90 Å². The summed E-state index contributed by atoms with van der Waals surface area (Å²) in [6.07, 6.45) is 1.48. The van der Waals surface area contributed by atoms with Gasteiger partial charge in [-0.15, -0.1) is 0 Å². The van der Waals surface area contributed by atoms with E-state index in [9.17, 15) is 19.1 Å². The van der Waals surface area contributed by atoms with Gasteiger partial charge in [0.15, 0.2) is 0 Å². The lowest BCUT2D eigenvalue weighted by Gasteiger charge is -2.25. The Morgan fingerprint density at radius 1 is 1.15 bits per heavy atom. The number of carbonyl (C=O) groups is 2. The van der Waals surface area contributed by atoms with E-state index >= 15 is 0 Å². The van der Waals surface area contributed by atoms with Gasteiger partial charge in [-0.05, 0) is 36.8 Å². The van der Waals surface area contributed by atoms with Crippen molar-refractivity contribution >= 4 is 29.1 Å². The van der Waals surface area contributed by atoms with Gasteiger partial charge in [-0.1, -0.05) is 43.1 Å². The van der Waals surface area contributed by atoms with E-state index in [0.29, 0.717) is 23.6 Å². The van der Waals surface area contributed by atoms with Crippen LogP contribution in [0.5, 0.6) is 0 Å². The van der Waals surface area contributed by atoms with Crippen LogP contribution >= 0.6 is 11.6 Å². The van der Waals surface area contributed by atoms with Crippen LogP contribution in [0.2, 0.25) is 5.02 Å². The normalized spacial score (nSPS) is 18.9. The fraction of sp³-hybridized carbons (Fsp3) is 0.238. The molecule has 0 spiro atoms. The van der Waals surface area contributed by atoms with E-state index in [0.717, 1.165) is 6.42 Å². The number of unbranched alkanes of at least 4 members (excludes halogenated alkanes) is 1. The largest absolute Gasteiger partial charge is 0.507 e. The maximum absolute atomic E-state index is 14.5. The highest BCUT2D eigenvalue weighted by Gasteiger charge is 2.46. The van der Waals surface area contributed by atoms with Gasteiger partial charge in [-0.25, -0.2) is 4.39 Å². The molecular formula is C21H19ClFNO3. The molecule has 2 aromatic carbocycles. The smallest absolute Gasteiger partial charge is 0.295 e. The highest BCUT2D eigenvalue weighted by atomic mass is 35.5. The third kappa shape index (κ3) is 3.60. The number of amides is 1. The van der Waals surface area contributed by atoms with Gasteiger partial charge in [0, 0.05) is 22.7 Å². The molecule has 1 heterocycles. The van der Waals surface area contributed by atoms with Crippen molar-refractivity contribution in [1.29, 1.82) is 0 Å². The average molecular weight is 388 g/mol. The summed E-state index contributed by atoms with van der Waals surface area (Å²) in [6.45, 7) is 2.26. The number of rotatable bonds is 5. The molecule has 0 bridgehead atoms. The number of aliphatic hydroxyl groups is 1. The molecule has 6 heteroatoms. The quantitative estimate of drug-likeness (QED) is 0.459. The van der Waals surface area contributed by atoms with Crippen molar-refractivity contribution in [2.75, 3.05) is 6.54 Å². The van der Waals surface area contributed by atoms with Crippen LogP contribution in [0.1, 0.15) is 36.9 Å². The Hall–Kier alpha value is -2.66. The number of ketones is 1. The molecule has 1 aliphatic heterocycles. The second-order valence-electron chi connectivity index (χ2n) is 6.37. The van der Waals surface area contributed by atoms with Crippen LogP contribution in [0, 0.1) is 5.82 Å². The van der Waals surface area contributed by atoms with E-state index in [1.807, 2.05) is 6.92 Å². The highest BCUT2D eigenvalue weighted by molar-refractivity contribution is 6.46. The number of halogens is 2. The summed E-state index contributed by atoms with van der Waals surface area (Å²) < 4.78 is 14.5. The molecule has 1 saturated heterocycles. The van der Waals surface area contributed by atoms with Crippen molar-refractivity contribution in [3.05, 3.63) is 76.1 Å². The Labute approximate surface area is 161 Å². The lowest BCUT2D eigenvalue weighted by Crippen LogP contribution is -2.31. The van der Waals surface area contributed by atoms with Gasteiger partial charge >= 0.3 is 0 Å². The second-order valence-corrected chi connectivity index (χ2v) is 6.81. The zero-order valence-electron chi connectivity index (χ0n) is 14.8. The number of Topliss-reactive ketones (excluding diaryl/α,β-unsaturated/α-hetero) is 1. The number of hydrogen-bond donors (Lipinski definition) is 1. The predicted molar refractivity (Wildman–Crippen MR) is 102 cm³/mol. The Morgan fingerprint density at radius 3 is 2.44 bits per heavy atom. The molecule has 1 aliphatic rings. The molecule has 27 heavy (non-hydrogen) atoms. The first-order valence-electron chi connectivity index (χ1n) is 8.74. The van der Waals surface area contributed by atoms with Crippen molar-refractivity contribution in [3.63, 3.8) is 0 Å². The van der Waals surface area contributed by atoms with Gasteiger partial charge in [0.25, 0.3) is 11.7 Å². The van der Waals surface area contributed by atoms with Crippen LogP contribution in [0.4, 0.5) is 4.39 Å². The van der Waals surface area contributed by atoms with Crippen LogP contribution in [0.25, 0.3) is 5.76 Å². The first-order chi connectivity index (χ1) is 13.0. The van der Waals surface area contributed by atoms with Crippen LogP contribution in [0.3, 0.4) is 0 Å². The van der Waals surface area contributed by atoms with Gasteiger partial charge in [0.1, 0.15) is 11.6 Å². The first-order valence-corrected chi connectivity index (χ1v) is 9.12. The number of benzene rings is 2. The highest BCUT2D eigenvalue weighted by Crippen LogP contribution is 2.40. The van der Waals surface area contributed by atoms with Gasteiger partial charge < -0.3 is 10.0 Å². The van der Waals surface area contributed by atoms with Crippen LogP contribution in [-0.2, 0) is 9.59 Å². The zero-order valence-corrected chi connectivity index (χ0v) is 15.5. The molecule has 1 atom stereocenters. The molecule has 3 rings (SSSR count). The molecule has 0 unspecified atom stereocenters. The van der Waals surface area contributed by atoms with Crippen LogP contribution < -0.4 is 0 Å². The molecule has 0 radical (unpaired) electrons. The average Bonchev–Trinajstić information content (AvgIpc) is 2.91.